The molecule has 0 spiro atoms. The van der Waals surface area contributed by atoms with Crippen LogP contribution in [0, 0.1) is 5.82 Å². The summed E-state index contributed by atoms with van der Waals surface area (Å²) >= 11 is 5.99. The van der Waals surface area contributed by atoms with Crippen LogP contribution < -0.4 is 9.64 Å². The van der Waals surface area contributed by atoms with Crippen LogP contribution >= 0.6 is 11.6 Å². The van der Waals surface area contributed by atoms with E-state index in [-0.39, 0.29) is 16.5 Å². The third kappa shape index (κ3) is 4.61. The summed E-state index contributed by atoms with van der Waals surface area (Å²) in [5.41, 5.74) is 1.27. The van der Waals surface area contributed by atoms with E-state index >= 15 is 0 Å². The first kappa shape index (κ1) is 19.2. The average Bonchev–Trinajstić information content (AvgIpc) is 2.68. The summed E-state index contributed by atoms with van der Waals surface area (Å²) < 4.78 is 19.5. The van der Waals surface area contributed by atoms with Crippen molar-refractivity contribution in [3.63, 3.8) is 0 Å². The molecule has 0 N–H and O–H groups in total. The number of halogens is 2. The SMILES string of the molecule is CCOc1ccccc1N1CCN(C(=O)/C=C/c2c(F)cccc2Cl)CC1. The summed E-state index contributed by atoms with van der Waals surface area (Å²) in [4.78, 5) is 16.4. The van der Waals surface area contributed by atoms with Gasteiger partial charge in [0.2, 0.25) is 5.91 Å². The van der Waals surface area contributed by atoms with Gasteiger partial charge in [0, 0.05) is 37.8 Å². The maximum atomic E-state index is 13.8. The van der Waals surface area contributed by atoms with Gasteiger partial charge in [0.15, 0.2) is 0 Å². The fraction of sp³-hybridized carbons (Fsp3) is 0.286. The molecule has 1 aliphatic heterocycles. The number of hydrogen-bond donors (Lipinski definition) is 0. The van der Waals surface area contributed by atoms with Crippen LogP contribution in [0.15, 0.2) is 48.5 Å². The minimum Gasteiger partial charge on any atom is -0.492 e. The molecule has 1 saturated heterocycles. The fourth-order valence-corrected chi connectivity index (χ4v) is 3.32. The van der Waals surface area contributed by atoms with Crippen LogP contribution in [0.25, 0.3) is 6.08 Å². The lowest BCUT2D eigenvalue weighted by atomic mass is 10.2. The van der Waals surface area contributed by atoms with Crippen LogP contribution in [0.4, 0.5) is 10.1 Å². The zero-order valence-corrected chi connectivity index (χ0v) is 16.0. The molecule has 6 heteroatoms. The monoisotopic (exact) mass is 388 g/mol. The van der Waals surface area contributed by atoms with Crippen LogP contribution in [0.1, 0.15) is 12.5 Å². The Bertz CT molecular complexity index is 812. The van der Waals surface area contributed by atoms with E-state index in [0.717, 1.165) is 11.4 Å². The molecule has 0 radical (unpaired) electrons. The number of piperazine rings is 1. The number of nitrogens with zero attached hydrogens (tertiary/aromatic N) is 2. The molecule has 0 bridgehead atoms. The van der Waals surface area contributed by atoms with Crippen molar-refractivity contribution < 1.29 is 13.9 Å². The molecule has 0 aliphatic carbocycles. The van der Waals surface area contributed by atoms with E-state index < -0.39 is 5.82 Å². The highest BCUT2D eigenvalue weighted by atomic mass is 35.5. The van der Waals surface area contributed by atoms with E-state index in [1.54, 1.807) is 11.0 Å². The first-order valence-corrected chi connectivity index (χ1v) is 9.35. The van der Waals surface area contributed by atoms with Gasteiger partial charge in [-0.25, -0.2) is 4.39 Å². The van der Waals surface area contributed by atoms with Crippen molar-refractivity contribution in [2.45, 2.75) is 6.92 Å². The van der Waals surface area contributed by atoms with Crippen molar-refractivity contribution in [3.8, 4) is 5.75 Å². The molecule has 0 aromatic heterocycles. The second kappa shape index (κ2) is 8.91. The maximum absolute atomic E-state index is 13.8. The van der Waals surface area contributed by atoms with Gasteiger partial charge >= 0.3 is 0 Å². The molecule has 3 rings (SSSR count). The topological polar surface area (TPSA) is 32.8 Å². The molecule has 2 aromatic rings. The second-order valence-corrected chi connectivity index (χ2v) is 6.59. The van der Waals surface area contributed by atoms with Gasteiger partial charge in [-0.05, 0) is 37.3 Å². The number of ether oxygens (including phenoxy) is 1. The summed E-state index contributed by atoms with van der Waals surface area (Å²) in [5.74, 6) is 0.268. The zero-order chi connectivity index (χ0) is 19.2. The molecule has 4 nitrogen and oxygen atoms in total. The molecule has 142 valence electrons. The van der Waals surface area contributed by atoms with Gasteiger partial charge in [0.1, 0.15) is 11.6 Å². The maximum Gasteiger partial charge on any atom is 0.246 e. The minimum absolute atomic E-state index is 0.146. The van der Waals surface area contributed by atoms with Crippen molar-refractivity contribution in [2.24, 2.45) is 0 Å². The number of carbonyl (C=O) groups excluding carboxylic acids is 1. The largest absolute Gasteiger partial charge is 0.492 e. The summed E-state index contributed by atoms with van der Waals surface area (Å²) in [6.45, 7) is 5.18. The third-order valence-corrected chi connectivity index (χ3v) is 4.82. The Morgan fingerprint density at radius 3 is 2.59 bits per heavy atom. The summed E-state index contributed by atoms with van der Waals surface area (Å²) in [6, 6.07) is 12.4. The molecule has 0 saturated carbocycles. The number of rotatable bonds is 5. The highest BCUT2D eigenvalue weighted by molar-refractivity contribution is 6.32. The smallest absolute Gasteiger partial charge is 0.246 e. The quantitative estimate of drug-likeness (QED) is 0.718. The number of benzene rings is 2. The summed E-state index contributed by atoms with van der Waals surface area (Å²) in [6.07, 6.45) is 2.82. The normalized spacial score (nSPS) is 14.6. The molecular formula is C21H22ClFN2O2. The van der Waals surface area contributed by atoms with Gasteiger partial charge in [-0.15, -0.1) is 0 Å². The van der Waals surface area contributed by atoms with Crippen LogP contribution in [0.2, 0.25) is 5.02 Å². The Kier molecular flexibility index (Phi) is 6.35. The molecule has 1 fully saturated rings. The van der Waals surface area contributed by atoms with Crippen molar-refractivity contribution in [2.75, 3.05) is 37.7 Å². The van der Waals surface area contributed by atoms with Gasteiger partial charge in [-0.3, -0.25) is 4.79 Å². The van der Waals surface area contributed by atoms with Gasteiger partial charge in [-0.2, -0.15) is 0 Å². The molecule has 27 heavy (non-hydrogen) atoms. The Labute approximate surface area is 163 Å². The van der Waals surface area contributed by atoms with Crippen LogP contribution in [-0.2, 0) is 4.79 Å². The van der Waals surface area contributed by atoms with E-state index in [4.69, 9.17) is 16.3 Å². The molecule has 0 unspecified atom stereocenters. The fourth-order valence-electron chi connectivity index (χ4n) is 3.09. The number of para-hydroxylation sites is 2. The molecule has 0 atom stereocenters. The zero-order valence-electron chi connectivity index (χ0n) is 15.2. The van der Waals surface area contributed by atoms with Gasteiger partial charge < -0.3 is 14.5 Å². The third-order valence-electron chi connectivity index (χ3n) is 4.49. The van der Waals surface area contributed by atoms with E-state index in [9.17, 15) is 9.18 Å². The second-order valence-electron chi connectivity index (χ2n) is 6.18. The van der Waals surface area contributed by atoms with Crippen LogP contribution in [0.3, 0.4) is 0 Å². The molecule has 1 heterocycles. The highest BCUT2D eigenvalue weighted by Crippen LogP contribution is 2.29. The predicted molar refractivity (Wildman–Crippen MR) is 107 cm³/mol. The van der Waals surface area contributed by atoms with Crippen LogP contribution in [0.5, 0.6) is 5.75 Å². The van der Waals surface area contributed by atoms with E-state index in [0.29, 0.717) is 32.8 Å². The molecule has 1 amide bonds. The van der Waals surface area contributed by atoms with Gasteiger partial charge in [0.25, 0.3) is 0 Å². The van der Waals surface area contributed by atoms with E-state index in [2.05, 4.69) is 4.90 Å². The van der Waals surface area contributed by atoms with Gasteiger partial charge in [-0.1, -0.05) is 29.8 Å². The number of anilines is 1. The predicted octanol–water partition coefficient (Wildman–Crippen LogP) is 4.24. The highest BCUT2D eigenvalue weighted by Gasteiger charge is 2.21. The van der Waals surface area contributed by atoms with Gasteiger partial charge in [0.05, 0.1) is 17.3 Å². The number of hydrogen-bond acceptors (Lipinski definition) is 3. The molecular weight excluding hydrogens is 367 g/mol. The molecule has 2 aromatic carbocycles. The lowest BCUT2D eigenvalue weighted by molar-refractivity contribution is -0.126. The number of carbonyl (C=O) groups is 1. The lowest BCUT2D eigenvalue weighted by Crippen LogP contribution is -2.48. The standard InChI is InChI=1S/C21H22ClFN2O2/c1-2-27-20-9-4-3-8-19(20)24-12-14-25(15-13-24)21(26)11-10-16-17(22)6-5-7-18(16)23/h3-11H,2,12-15H2,1H3/b11-10+. The van der Waals surface area contributed by atoms with Crippen molar-refractivity contribution in [3.05, 3.63) is 64.9 Å². The summed E-state index contributed by atoms with van der Waals surface area (Å²) in [5, 5.41) is 0.288. The Balaban J connectivity index is 1.62. The Morgan fingerprint density at radius 1 is 1.15 bits per heavy atom. The first-order chi connectivity index (χ1) is 13.1. The van der Waals surface area contributed by atoms with E-state index in [1.165, 1.54) is 24.3 Å². The van der Waals surface area contributed by atoms with Crippen molar-refractivity contribution >= 4 is 29.3 Å². The Hall–Kier alpha value is -2.53. The number of amides is 1. The van der Waals surface area contributed by atoms with Crippen molar-refractivity contribution in [1.29, 1.82) is 0 Å². The average molecular weight is 389 g/mol. The summed E-state index contributed by atoms with van der Waals surface area (Å²) in [7, 11) is 0. The van der Waals surface area contributed by atoms with E-state index in [1.807, 2.05) is 31.2 Å². The first-order valence-electron chi connectivity index (χ1n) is 8.98. The van der Waals surface area contributed by atoms with Crippen LogP contribution in [-0.4, -0.2) is 43.6 Å². The minimum atomic E-state index is -0.441. The lowest BCUT2D eigenvalue weighted by Gasteiger charge is -2.36. The Morgan fingerprint density at radius 2 is 1.89 bits per heavy atom. The van der Waals surface area contributed by atoms with Crippen molar-refractivity contribution in [1.82, 2.24) is 4.90 Å². The molecule has 1 aliphatic rings.